The van der Waals surface area contributed by atoms with Gasteiger partial charge in [-0.25, -0.2) is 4.72 Å². The zero-order chi connectivity index (χ0) is 14.3. The molecule has 0 heterocycles. The minimum absolute atomic E-state index is 0.206. The number of nitrogens with one attached hydrogen (secondary N) is 2. The summed E-state index contributed by atoms with van der Waals surface area (Å²) in [5.41, 5.74) is 6.20. The second kappa shape index (κ2) is 7.32. The molecule has 6 nitrogen and oxygen atoms in total. The van der Waals surface area contributed by atoms with Crippen molar-refractivity contribution < 1.29 is 13.2 Å². The van der Waals surface area contributed by atoms with Gasteiger partial charge in [0.05, 0.1) is 0 Å². The first kappa shape index (κ1) is 15.7. The van der Waals surface area contributed by atoms with Crippen molar-refractivity contribution in [2.24, 2.45) is 5.92 Å². The van der Waals surface area contributed by atoms with Gasteiger partial charge in [-0.05, 0) is 30.2 Å². The monoisotopic (exact) mass is 287 g/mol. The van der Waals surface area contributed by atoms with E-state index in [9.17, 15) is 8.42 Å². The summed E-state index contributed by atoms with van der Waals surface area (Å²) in [6.07, 6.45) is 0. The van der Waals surface area contributed by atoms with E-state index in [2.05, 4.69) is 9.44 Å². The summed E-state index contributed by atoms with van der Waals surface area (Å²) in [6.45, 7) is 4.75. The lowest BCUT2D eigenvalue weighted by atomic mass is 10.2. The van der Waals surface area contributed by atoms with E-state index in [1.165, 1.54) is 0 Å². The molecule has 0 aliphatic heterocycles. The van der Waals surface area contributed by atoms with E-state index in [1.54, 1.807) is 24.3 Å². The van der Waals surface area contributed by atoms with Gasteiger partial charge in [-0.1, -0.05) is 13.8 Å². The molecule has 4 N–H and O–H groups in total. The molecule has 0 spiro atoms. The Morgan fingerprint density at radius 2 is 1.84 bits per heavy atom. The molecule has 19 heavy (non-hydrogen) atoms. The molecule has 0 aliphatic carbocycles. The molecule has 0 saturated heterocycles. The molecule has 0 bridgehead atoms. The first-order chi connectivity index (χ1) is 8.89. The van der Waals surface area contributed by atoms with Crippen LogP contribution in [-0.2, 0) is 10.2 Å². The van der Waals surface area contributed by atoms with Gasteiger partial charge in [0, 0.05) is 18.8 Å². The van der Waals surface area contributed by atoms with Gasteiger partial charge in [0.25, 0.3) is 10.2 Å². The van der Waals surface area contributed by atoms with Gasteiger partial charge >= 0.3 is 0 Å². The van der Waals surface area contributed by atoms with Crippen LogP contribution in [0, 0.1) is 5.92 Å². The van der Waals surface area contributed by atoms with Crippen molar-refractivity contribution in [3.63, 3.8) is 0 Å². The van der Waals surface area contributed by atoms with Gasteiger partial charge in [0.15, 0.2) is 0 Å². The predicted octanol–water partition coefficient (Wildman–Crippen LogP) is 0.728. The van der Waals surface area contributed by atoms with Crippen molar-refractivity contribution in [1.29, 1.82) is 0 Å². The maximum Gasteiger partial charge on any atom is 0.277 e. The first-order valence-corrected chi connectivity index (χ1v) is 7.60. The molecule has 0 unspecified atom stereocenters. The number of nitrogen functional groups attached to an aromatic ring is 1. The van der Waals surface area contributed by atoms with Crippen molar-refractivity contribution in [1.82, 2.24) is 9.44 Å². The summed E-state index contributed by atoms with van der Waals surface area (Å²) in [4.78, 5) is 0. The van der Waals surface area contributed by atoms with Crippen LogP contribution in [0.1, 0.15) is 13.8 Å². The average molecular weight is 287 g/mol. The lowest BCUT2D eigenvalue weighted by Gasteiger charge is -2.10. The highest BCUT2D eigenvalue weighted by atomic mass is 32.2. The molecule has 1 rings (SSSR count). The summed E-state index contributed by atoms with van der Waals surface area (Å²) in [5.74, 6) is 0.922. The summed E-state index contributed by atoms with van der Waals surface area (Å²) in [6, 6.07) is 6.93. The van der Waals surface area contributed by atoms with Gasteiger partial charge in [-0.15, -0.1) is 0 Å². The van der Waals surface area contributed by atoms with Crippen molar-refractivity contribution in [3.05, 3.63) is 24.3 Å². The smallest absolute Gasteiger partial charge is 0.277 e. The van der Waals surface area contributed by atoms with Crippen molar-refractivity contribution in [2.45, 2.75) is 13.8 Å². The molecule has 1 aromatic carbocycles. The Morgan fingerprint density at radius 3 is 2.42 bits per heavy atom. The van der Waals surface area contributed by atoms with E-state index < -0.39 is 10.2 Å². The number of rotatable bonds is 8. The van der Waals surface area contributed by atoms with Crippen LogP contribution in [-0.4, -0.2) is 28.1 Å². The van der Waals surface area contributed by atoms with E-state index in [0.29, 0.717) is 18.0 Å². The van der Waals surface area contributed by atoms with Crippen molar-refractivity contribution in [2.75, 3.05) is 25.4 Å². The Kier molecular flexibility index (Phi) is 6.07. The Hall–Kier alpha value is -1.31. The molecule has 0 fully saturated rings. The predicted molar refractivity (Wildman–Crippen MR) is 76.1 cm³/mol. The highest BCUT2D eigenvalue weighted by Crippen LogP contribution is 2.12. The fourth-order valence-electron chi connectivity index (χ4n) is 1.24. The maximum atomic E-state index is 11.5. The van der Waals surface area contributed by atoms with Crippen LogP contribution >= 0.6 is 0 Å². The van der Waals surface area contributed by atoms with Gasteiger partial charge in [0.2, 0.25) is 0 Å². The Bertz CT molecular complexity index is 471. The van der Waals surface area contributed by atoms with Gasteiger partial charge in [-0.3, -0.25) is 0 Å². The topological polar surface area (TPSA) is 93.5 Å². The van der Waals surface area contributed by atoms with Gasteiger partial charge in [-0.2, -0.15) is 13.1 Å². The summed E-state index contributed by atoms with van der Waals surface area (Å²) in [5, 5.41) is 0. The maximum absolute atomic E-state index is 11.5. The van der Waals surface area contributed by atoms with Crippen LogP contribution in [0.15, 0.2) is 24.3 Å². The van der Waals surface area contributed by atoms with E-state index in [1.807, 2.05) is 13.8 Å². The van der Waals surface area contributed by atoms with Crippen LogP contribution in [0.2, 0.25) is 0 Å². The molecular formula is C12H21N3O3S. The third-order valence-electron chi connectivity index (χ3n) is 2.22. The third-order valence-corrected chi connectivity index (χ3v) is 3.36. The van der Waals surface area contributed by atoms with E-state index >= 15 is 0 Å². The number of nitrogens with two attached hydrogens (primary N) is 1. The van der Waals surface area contributed by atoms with Gasteiger partial charge in [0.1, 0.15) is 12.4 Å². The van der Waals surface area contributed by atoms with E-state index in [4.69, 9.17) is 10.5 Å². The normalized spacial score (nSPS) is 11.7. The SMILES string of the molecule is CC(C)CNS(=O)(=O)NCCOc1ccc(N)cc1. The fraction of sp³-hybridized carbons (Fsp3) is 0.500. The second-order valence-electron chi connectivity index (χ2n) is 4.56. The van der Waals surface area contributed by atoms with Crippen LogP contribution in [0.4, 0.5) is 5.69 Å². The molecule has 0 saturated carbocycles. The molecule has 0 aromatic heterocycles. The number of anilines is 1. The molecule has 7 heteroatoms. The lowest BCUT2D eigenvalue weighted by molar-refractivity contribution is 0.322. The minimum atomic E-state index is -3.44. The Labute approximate surface area is 114 Å². The van der Waals surface area contributed by atoms with Crippen molar-refractivity contribution >= 4 is 15.9 Å². The average Bonchev–Trinajstić information content (AvgIpc) is 2.35. The molecule has 0 aliphatic rings. The van der Waals surface area contributed by atoms with Crippen LogP contribution in [0.3, 0.4) is 0 Å². The quantitative estimate of drug-likeness (QED) is 0.485. The highest BCUT2D eigenvalue weighted by Gasteiger charge is 2.08. The first-order valence-electron chi connectivity index (χ1n) is 6.11. The van der Waals surface area contributed by atoms with Crippen LogP contribution < -0.4 is 19.9 Å². The number of hydrogen-bond acceptors (Lipinski definition) is 4. The third kappa shape index (κ3) is 7.00. The zero-order valence-corrected chi connectivity index (χ0v) is 12.0. The number of hydrogen-bond donors (Lipinski definition) is 3. The molecule has 1 aromatic rings. The highest BCUT2D eigenvalue weighted by molar-refractivity contribution is 7.87. The molecule has 0 amide bonds. The standard InChI is InChI=1S/C12H21N3O3S/c1-10(2)9-15-19(16,17)14-7-8-18-12-5-3-11(13)4-6-12/h3-6,10,14-15H,7-9,13H2,1-2H3. The Morgan fingerprint density at radius 1 is 1.21 bits per heavy atom. The number of ether oxygens (including phenoxy) is 1. The molecular weight excluding hydrogens is 266 g/mol. The fourth-order valence-corrected chi connectivity index (χ4v) is 2.24. The molecule has 0 atom stereocenters. The molecule has 0 radical (unpaired) electrons. The lowest BCUT2D eigenvalue weighted by Crippen LogP contribution is -2.40. The largest absolute Gasteiger partial charge is 0.492 e. The van der Waals surface area contributed by atoms with Crippen LogP contribution in [0.25, 0.3) is 0 Å². The van der Waals surface area contributed by atoms with E-state index in [0.717, 1.165) is 0 Å². The van der Waals surface area contributed by atoms with Crippen LogP contribution in [0.5, 0.6) is 5.75 Å². The Balaban J connectivity index is 2.25. The number of benzene rings is 1. The van der Waals surface area contributed by atoms with Crippen molar-refractivity contribution in [3.8, 4) is 5.75 Å². The summed E-state index contributed by atoms with van der Waals surface area (Å²) >= 11 is 0. The van der Waals surface area contributed by atoms with E-state index in [-0.39, 0.29) is 19.1 Å². The van der Waals surface area contributed by atoms with Gasteiger partial charge < -0.3 is 10.5 Å². The molecule has 108 valence electrons. The minimum Gasteiger partial charge on any atom is -0.492 e. The summed E-state index contributed by atoms with van der Waals surface area (Å²) < 4.78 is 33.2. The second-order valence-corrected chi connectivity index (χ2v) is 6.14. The zero-order valence-electron chi connectivity index (χ0n) is 11.2. The summed E-state index contributed by atoms with van der Waals surface area (Å²) in [7, 11) is -3.44.